The van der Waals surface area contributed by atoms with E-state index in [9.17, 15) is 0 Å². The largest absolute Gasteiger partial charge is 0.385 e. The molecule has 2 rings (SSSR count). The Balaban J connectivity index is 1.77. The van der Waals surface area contributed by atoms with Gasteiger partial charge in [-0.25, -0.2) is 0 Å². The maximum atomic E-state index is 5.43. The Morgan fingerprint density at radius 2 is 2.41 bits per heavy atom. The molecule has 1 saturated heterocycles. The van der Waals surface area contributed by atoms with Crippen LogP contribution in [0.4, 0.5) is 5.69 Å². The SMILES string of the molecule is Cc1cc(Br)ccc1NCCC1COCCN1. The Labute approximate surface area is 111 Å². The fraction of sp³-hybridized carbons (Fsp3) is 0.538. The summed E-state index contributed by atoms with van der Waals surface area (Å²) < 4.78 is 6.56. The van der Waals surface area contributed by atoms with E-state index in [-0.39, 0.29) is 0 Å². The van der Waals surface area contributed by atoms with E-state index in [0.29, 0.717) is 6.04 Å². The van der Waals surface area contributed by atoms with Crippen molar-refractivity contribution in [2.24, 2.45) is 0 Å². The molecule has 0 amide bonds. The van der Waals surface area contributed by atoms with Crippen LogP contribution in [0.25, 0.3) is 0 Å². The topological polar surface area (TPSA) is 33.3 Å². The molecule has 1 aliphatic heterocycles. The maximum absolute atomic E-state index is 5.43. The minimum absolute atomic E-state index is 0.493. The standard InChI is InChI=1S/C13H19BrN2O/c1-10-8-11(14)2-3-13(10)16-5-4-12-9-17-7-6-15-12/h2-3,8,12,15-16H,4-7,9H2,1H3. The second kappa shape index (κ2) is 6.38. The number of halogens is 1. The molecular formula is C13H19BrN2O. The Hall–Kier alpha value is -0.580. The van der Waals surface area contributed by atoms with Crippen LogP contribution in [-0.4, -0.2) is 32.3 Å². The first-order valence-electron chi connectivity index (χ1n) is 6.07. The average Bonchev–Trinajstić information content (AvgIpc) is 2.33. The second-order valence-electron chi connectivity index (χ2n) is 4.40. The van der Waals surface area contributed by atoms with E-state index in [1.54, 1.807) is 0 Å². The van der Waals surface area contributed by atoms with E-state index >= 15 is 0 Å². The first kappa shape index (κ1) is 12.9. The maximum Gasteiger partial charge on any atom is 0.0620 e. The second-order valence-corrected chi connectivity index (χ2v) is 5.32. The van der Waals surface area contributed by atoms with E-state index < -0.39 is 0 Å². The molecule has 0 radical (unpaired) electrons. The number of ether oxygens (including phenoxy) is 1. The summed E-state index contributed by atoms with van der Waals surface area (Å²) in [6, 6.07) is 6.80. The fourth-order valence-electron chi connectivity index (χ4n) is 2.01. The lowest BCUT2D eigenvalue weighted by atomic mass is 10.1. The molecule has 2 N–H and O–H groups in total. The molecule has 0 bridgehead atoms. The van der Waals surface area contributed by atoms with Gasteiger partial charge in [-0.05, 0) is 37.1 Å². The van der Waals surface area contributed by atoms with Crippen LogP contribution in [0.15, 0.2) is 22.7 Å². The van der Waals surface area contributed by atoms with Gasteiger partial charge in [-0.3, -0.25) is 0 Å². The van der Waals surface area contributed by atoms with Crippen molar-refractivity contribution in [2.45, 2.75) is 19.4 Å². The van der Waals surface area contributed by atoms with Crippen molar-refractivity contribution >= 4 is 21.6 Å². The lowest BCUT2D eigenvalue weighted by Crippen LogP contribution is -2.42. The summed E-state index contributed by atoms with van der Waals surface area (Å²) >= 11 is 3.47. The Kier molecular flexibility index (Phi) is 4.83. The van der Waals surface area contributed by atoms with Crippen molar-refractivity contribution in [1.82, 2.24) is 5.32 Å². The number of hydrogen-bond donors (Lipinski definition) is 2. The minimum Gasteiger partial charge on any atom is -0.385 e. The van der Waals surface area contributed by atoms with Crippen molar-refractivity contribution in [2.75, 3.05) is 31.6 Å². The lowest BCUT2D eigenvalue weighted by molar-refractivity contribution is 0.0753. The summed E-state index contributed by atoms with van der Waals surface area (Å²) in [7, 11) is 0. The van der Waals surface area contributed by atoms with Crippen molar-refractivity contribution < 1.29 is 4.74 Å². The molecule has 17 heavy (non-hydrogen) atoms. The van der Waals surface area contributed by atoms with Crippen LogP contribution >= 0.6 is 15.9 Å². The van der Waals surface area contributed by atoms with Gasteiger partial charge in [-0.15, -0.1) is 0 Å². The third-order valence-electron chi connectivity index (χ3n) is 3.00. The molecule has 0 aliphatic carbocycles. The van der Waals surface area contributed by atoms with Gasteiger partial charge >= 0.3 is 0 Å². The number of nitrogens with one attached hydrogen (secondary N) is 2. The van der Waals surface area contributed by atoms with Crippen LogP contribution in [0.5, 0.6) is 0 Å². The smallest absolute Gasteiger partial charge is 0.0620 e. The molecule has 1 unspecified atom stereocenters. The molecule has 3 nitrogen and oxygen atoms in total. The van der Waals surface area contributed by atoms with Crippen LogP contribution < -0.4 is 10.6 Å². The highest BCUT2D eigenvalue weighted by Gasteiger charge is 2.12. The molecule has 1 fully saturated rings. The molecule has 1 atom stereocenters. The van der Waals surface area contributed by atoms with Crippen LogP contribution in [0, 0.1) is 6.92 Å². The molecule has 0 spiro atoms. The summed E-state index contributed by atoms with van der Waals surface area (Å²) in [6.07, 6.45) is 1.09. The molecule has 1 aromatic rings. The van der Waals surface area contributed by atoms with Crippen molar-refractivity contribution in [3.8, 4) is 0 Å². The number of anilines is 1. The predicted molar refractivity (Wildman–Crippen MR) is 74.6 cm³/mol. The van der Waals surface area contributed by atoms with Crippen LogP contribution in [0.1, 0.15) is 12.0 Å². The highest BCUT2D eigenvalue weighted by atomic mass is 79.9. The molecule has 0 aromatic heterocycles. The monoisotopic (exact) mass is 298 g/mol. The summed E-state index contributed by atoms with van der Waals surface area (Å²) in [5.74, 6) is 0. The number of aryl methyl sites for hydroxylation is 1. The van der Waals surface area contributed by atoms with Crippen molar-refractivity contribution in [3.63, 3.8) is 0 Å². The van der Waals surface area contributed by atoms with E-state index in [0.717, 1.165) is 37.2 Å². The average molecular weight is 299 g/mol. The minimum atomic E-state index is 0.493. The van der Waals surface area contributed by atoms with Crippen LogP contribution in [0.2, 0.25) is 0 Å². The Morgan fingerprint density at radius 3 is 3.12 bits per heavy atom. The summed E-state index contributed by atoms with van der Waals surface area (Å²) in [4.78, 5) is 0. The van der Waals surface area contributed by atoms with Gasteiger partial charge in [0.2, 0.25) is 0 Å². The quantitative estimate of drug-likeness (QED) is 0.896. The fourth-order valence-corrected chi connectivity index (χ4v) is 2.49. The predicted octanol–water partition coefficient (Wildman–Crippen LogP) is 2.55. The van der Waals surface area contributed by atoms with Crippen molar-refractivity contribution in [3.05, 3.63) is 28.2 Å². The first-order chi connectivity index (χ1) is 8.25. The van der Waals surface area contributed by atoms with Crippen LogP contribution in [-0.2, 0) is 4.74 Å². The highest BCUT2D eigenvalue weighted by Crippen LogP contribution is 2.19. The lowest BCUT2D eigenvalue weighted by Gasteiger charge is -2.24. The number of morpholine rings is 1. The van der Waals surface area contributed by atoms with E-state index in [2.05, 4.69) is 51.7 Å². The normalized spacial score (nSPS) is 20.2. The van der Waals surface area contributed by atoms with Gasteiger partial charge in [0.25, 0.3) is 0 Å². The molecule has 0 saturated carbocycles. The van der Waals surface area contributed by atoms with Crippen LogP contribution in [0.3, 0.4) is 0 Å². The number of benzene rings is 1. The molecule has 1 heterocycles. The highest BCUT2D eigenvalue weighted by molar-refractivity contribution is 9.10. The first-order valence-corrected chi connectivity index (χ1v) is 6.86. The zero-order chi connectivity index (χ0) is 12.1. The summed E-state index contributed by atoms with van der Waals surface area (Å²) in [6.45, 7) is 5.75. The molecule has 94 valence electrons. The Bertz CT molecular complexity index is 364. The number of rotatable bonds is 4. The molecule has 4 heteroatoms. The zero-order valence-electron chi connectivity index (χ0n) is 10.1. The van der Waals surface area contributed by atoms with E-state index in [4.69, 9.17) is 4.74 Å². The third kappa shape index (κ3) is 3.98. The third-order valence-corrected chi connectivity index (χ3v) is 3.49. The van der Waals surface area contributed by atoms with E-state index in [1.807, 2.05) is 0 Å². The molecule has 1 aliphatic rings. The molecule has 1 aromatic carbocycles. The van der Waals surface area contributed by atoms with Gasteiger partial charge in [0, 0.05) is 29.3 Å². The van der Waals surface area contributed by atoms with Gasteiger partial charge in [0.1, 0.15) is 0 Å². The van der Waals surface area contributed by atoms with Crippen molar-refractivity contribution in [1.29, 1.82) is 0 Å². The van der Waals surface area contributed by atoms with E-state index in [1.165, 1.54) is 11.3 Å². The Morgan fingerprint density at radius 1 is 1.53 bits per heavy atom. The van der Waals surface area contributed by atoms with Gasteiger partial charge < -0.3 is 15.4 Å². The number of hydrogen-bond acceptors (Lipinski definition) is 3. The van der Waals surface area contributed by atoms with Gasteiger partial charge in [-0.1, -0.05) is 15.9 Å². The summed E-state index contributed by atoms with van der Waals surface area (Å²) in [5.41, 5.74) is 2.48. The van der Waals surface area contributed by atoms with Gasteiger partial charge in [0.05, 0.1) is 13.2 Å². The molecular weight excluding hydrogens is 280 g/mol. The van der Waals surface area contributed by atoms with Gasteiger partial charge in [0.15, 0.2) is 0 Å². The summed E-state index contributed by atoms with van der Waals surface area (Å²) in [5, 5.41) is 6.93. The van der Waals surface area contributed by atoms with Gasteiger partial charge in [-0.2, -0.15) is 0 Å². The zero-order valence-corrected chi connectivity index (χ0v) is 11.7.